The molecule has 0 aliphatic heterocycles. The van der Waals surface area contributed by atoms with Crippen molar-refractivity contribution in [2.24, 2.45) is 0 Å². The maximum absolute atomic E-state index is 12.9. The maximum Gasteiger partial charge on any atom is 0.306 e. The zero-order valence-corrected chi connectivity index (χ0v) is 46.1. The normalized spacial score (nSPS) is 13.5. The Balaban J connectivity index is 4.70. The number of rotatable bonds is 48. The molecule has 0 aromatic carbocycles. The van der Waals surface area contributed by atoms with Crippen molar-refractivity contribution in [1.82, 2.24) is 0 Å². The average Bonchev–Trinajstić information content (AvgIpc) is 3.39. The molecule has 0 unspecified atom stereocenters. The highest BCUT2D eigenvalue weighted by Gasteiger charge is 2.19. The molecule has 404 valence electrons. The van der Waals surface area contributed by atoms with Gasteiger partial charge >= 0.3 is 17.9 Å². The molecule has 0 rings (SSSR count). The molecule has 73 heavy (non-hydrogen) atoms. The molecule has 0 radical (unpaired) electrons. The monoisotopic (exact) mass is 1000 g/mol. The fraction of sp³-hybridized carbons (Fsp3) is 0.507. The van der Waals surface area contributed by atoms with Crippen molar-refractivity contribution in [2.45, 2.75) is 207 Å². The fourth-order valence-electron chi connectivity index (χ4n) is 6.72. The lowest BCUT2D eigenvalue weighted by Crippen LogP contribution is -2.30. The second-order valence-electron chi connectivity index (χ2n) is 17.7. The Labute approximate surface area is 446 Å². The number of carbonyl (C=O) groups is 3. The van der Waals surface area contributed by atoms with Gasteiger partial charge in [-0.3, -0.25) is 14.4 Å². The standard InChI is InChI=1S/C67H100O6/c1-4-7-10-13-16-19-22-25-28-31-33-36-39-42-45-48-51-54-57-60-66(69)72-63-64(62-71-65(68)59-56-53-50-47-44-41-38-35-30-27-24-21-18-15-12-9-6-3)73-67(70)61-58-55-52-49-46-43-40-37-34-32-29-26-23-20-17-14-11-8-5-2/h7-8,10-11,16-21,25-30,33-34,36-38,41-43,45-47,50-51,54,64H,4-6,9,12-15,22-24,31-32,35,39-40,44,48-49,52-53,55-63H2,1-3H3/b10-7-,11-8-,19-16-,20-17-,21-18-,28-25-,29-26-,30-27-,36-33-,37-34-,41-38-,45-42-,46-43-,50-47-,54-51-/t64-/m1/s1. The highest BCUT2D eigenvalue weighted by atomic mass is 16.6. The Morgan fingerprint density at radius 1 is 0.288 bits per heavy atom. The molecule has 0 spiro atoms. The molecule has 1 atom stereocenters. The zero-order chi connectivity index (χ0) is 52.9. The number of unbranched alkanes of at least 4 members (excludes halogenated alkanes) is 7. The Bertz CT molecular complexity index is 1770. The van der Waals surface area contributed by atoms with E-state index in [4.69, 9.17) is 14.2 Å². The topological polar surface area (TPSA) is 78.9 Å². The Kier molecular flexibility index (Phi) is 54.6. The molecule has 0 N–H and O–H groups in total. The predicted molar refractivity (Wildman–Crippen MR) is 315 cm³/mol. The first-order valence-electron chi connectivity index (χ1n) is 28.3. The van der Waals surface area contributed by atoms with Crippen molar-refractivity contribution in [3.05, 3.63) is 182 Å². The number of carbonyl (C=O) groups excluding carboxylic acids is 3. The van der Waals surface area contributed by atoms with Gasteiger partial charge in [-0.15, -0.1) is 0 Å². The van der Waals surface area contributed by atoms with Crippen LogP contribution in [0.4, 0.5) is 0 Å². The van der Waals surface area contributed by atoms with Crippen LogP contribution >= 0.6 is 0 Å². The molecule has 0 aromatic heterocycles. The van der Waals surface area contributed by atoms with Gasteiger partial charge in [-0.25, -0.2) is 0 Å². The number of allylic oxidation sites excluding steroid dienone is 30. The van der Waals surface area contributed by atoms with E-state index in [1.54, 1.807) is 0 Å². The van der Waals surface area contributed by atoms with Crippen molar-refractivity contribution in [3.63, 3.8) is 0 Å². The summed E-state index contributed by atoms with van der Waals surface area (Å²) in [6, 6.07) is 0. The average molecular weight is 1000 g/mol. The van der Waals surface area contributed by atoms with Gasteiger partial charge in [0.15, 0.2) is 6.10 Å². The van der Waals surface area contributed by atoms with Gasteiger partial charge in [0.25, 0.3) is 0 Å². The minimum Gasteiger partial charge on any atom is -0.462 e. The molecular weight excluding hydrogens is 901 g/mol. The van der Waals surface area contributed by atoms with Crippen molar-refractivity contribution >= 4 is 17.9 Å². The molecule has 0 aliphatic carbocycles. The predicted octanol–water partition coefficient (Wildman–Crippen LogP) is 19.3. The molecular formula is C67H100O6. The van der Waals surface area contributed by atoms with Gasteiger partial charge < -0.3 is 14.2 Å². The van der Waals surface area contributed by atoms with Crippen LogP contribution < -0.4 is 0 Å². The lowest BCUT2D eigenvalue weighted by molar-refractivity contribution is -0.166. The van der Waals surface area contributed by atoms with Crippen LogP contribution in [0.2, 0.25) is 0 Å². The van der Waals surface area contributed by atoms with E-state index in [1.165, 1.54) is 25.7 Å². The molecule has 6 heteroatoms. The highest BCUT2D eigenvalue weighted by molar-refractivity contribution is 5.71. The lowest BCUT2D eigenvalue weighted by Gasteiger charge is -2.18. The zero-order valence-electron chi connectivity index (χ0n) is 46.1. The second kappa shape index (κ2) is 59.1. The SMILES string of the molecule is CC/C=C\C/C=C\C/C=C\C/C=C\C/C=C\C/C=C\CCC(=O)OC[C@@H](COC(=O)CCC/C=C\C/C=C\C/C=C\C/C=C\CCCCC)OC(=O)CCCCC/C=C\C/C=C\C/C=C\C/C=C\C/C=C\CC. The van der Waals surface area contributed by atoms with E-state index in [0.717, 1.165) is 116 Å². The number of esters is 3. The van der Waals surface area contributed by atoms with Gasteiger partial charge in [-0.2, -0.15) is 0 Å². The van der Waals surface area contributed by atoms with Crippen molar-refractivity contribution in [2.75, 3.05) is 13.2 Å². The second-order valence-corrected chi connectivity index (χ2v) is 17.7. The summed E-state index contributed by atoms with van der Waals surface area (Å²) in [4.78, 5) is 38.1. The van der Waals surface area contributed by atoms with E-state index >= 15 is 0 Å². The van der Waals surface area contributed by atoms with Crippen molar-refractivity contribution in [3.8, 4) is 0 Å². The van der Waals surface area contributed by atoms with Gasteiger partial charge in [0.2, 0.25) is 0 Å². The fourth-order valence-corrected chi connectivity index (χ4v) is 6.72. The van der Waals surface area contributed by atoms with E-state index in [0.29, 0.717) is 19.3 Å². The van der Waals surface area contributed by atoms with Gasteiger partial charge in [0.05, 0.1) is 0 Å². The van der Waals surface area contributed by atoms with Gasteiger partial charge in [0, 0.05) is 19.3 Å². The van der Waals surface area contributed by atoms with Crippen LogP contribution in [-0.4, -0.2) is 37.2 Å². The summed E-state index contributed by atoms with van der Waals surface area (Å²) in [6.45, 7) is 6.21. The minimum atomic E-state index is -0.860. The molecule has 0 aliphatic rings. The van der Waals surface area contributed by atoms with Crippen LogP contribution in [0.3, 0.4) is 0 Å². The summed E-state index contributed by atoms with van der Waals surface area (Å²) >= 11 is 0. The van der Waals surface area contributed by atoms with Crippen molar-refractivity contribution < 1.29 is 28.6 Å². The largest absolute Gasteiger partial charge is 0.462 e. The van der Waals surface area contributed by atoms with Crippen LogP contribution in [0.15, 0.2) is 182 Å². The third-order valence-electron chi connectivity index (χ3n) is 10.9. The van der Waals surface area contributed by atoms with E-state index in [9.17, 15) is 14.4 Å². The molecule has 0 aromatic rings. The number of ether oxygens (including phenoxy) is 3. The molecule has 6 nitrogen and oxygen atoms in total. The number of hydrogen-bond acceptors (Lipinski definition) is 6. The first-order valence-corrected chi connectivity index (χ1v) is 28.3. The highest BCUT2D eigenvalue weighted by Crippen LogP contribution is 2.10. The summed E-state index contributed by atoms with van der Waals surface area (Å²) in [7, 11) is 0. The van der Waals surface area contributed by atoms with E-state index in [2.05, 4.69) is 191 Å². The first-order chi connectivity index (χ1) is 36.0. The van der Waals surface area contributed by atoms with Crippen molar-refractivity contribution in [1.29, 1.82) is 0 Å². The van der Waals surface area contributed by atoms with Crippen LogP contribution in [0, 0.1) is 0 Å². The molecule has 0 amide bonds. The summed E-state index contributed by atoms with van der Waals surface area (Å²) in [5, 5.41) is 0. The Morgan fingerprint density at radius 3 is 0.932 bits per heavy atom. The summed E-state index contributed by atoms with van der Waals surface area (Å²) < 4.78 is 16.7. The quantitative estimate of drug-likeness (QED) is 0.0262. The summed E-state index contributed by atoms with van der Waals surface area (Å²) in [5.74, 6) is -1.14. The van der Waals surface area contributed by atoms with Crippen LogP contribution in [0.5, 0.6) is 0 Å². The van der Waals surface area contributed by atoms with Crippen LogP contribution in [0.25, 0.3) is 0 Å². The molecule has 0 bridgehead atoms. The molecule has 0 heterocycles. The third kappa shape index (κ3) is 57.3. The third-order valence-corrected chi connectivity index (χ3v) is 10.9. The Morgan fingerprint density at radius 2 is 0.575 bits per heavy atom. The van der Waals surface area contributed by atoms with E-state index in [1.807, 2.05) is 12.2 Å². The molecule has 0 saturated heterocycles. The molecule has 0 fully saturated rings. The lowest BCUT2D eigenvalue weighted by atomic mass is 10.1. The van der Waals surface area contributed by atoms with Gasteiger partial charge in [-0.05, 0) is 141 Å². The van der Waals surface area contributed by atoms with E-state index in [-0.39, 0.29) is 50.4 Å². The van der Waals surface area contributed by atoms with Gasteiger partial charge in [0.1, 0.15) is 13.2 Å². The smallest absolute Gasteiger partial charge is 0.306 e. The minimum absolute atomic E-state index is 0.153. The van der Waals surface area contributed by atoms with Crippen LogP contribution in [-0.2, 0) is 28.6 Å². The van der Waals surface area contributed by atoms with Gasteiger partial charge in [-0.1, -0.05) is 222 Å². The molecule has 0 saturated carbocycles. The first kappa shape index (κ1) is 67.5. The van der Waals surface area contributed by atoms with E-state index < -0.39 is 6.10 Å². The number of hydrogen-bond donors (Lipinski definition) is 0. The van der Waals surface area contributed by atoms with Crippen LogP contribution in [0.1, 0.15) is 201 Å². The summed E-state index contributed by atoms with van der Waals surface area (Å²) in [6.07, 6.45) is 88.9. The maximum atomic E-state index is 12.9. The summed E-state index contributed by atoms with van der Waals surface area (Å²) in [5.41, 5.74) is 0. The Hall–Kier alpha value is -5.49.